The van der Waals surface area contributed by atoms with Gasteiger partial charge in [-0.15, -0.1) is 0 Å². The Bertz CT molecular complexity index is 4230. The van der Waals surface area contributed by atoms with Crippen LogP contribution < -0.4 is 0 Å². The van der Waals surface area contributed by atoms with Gasteiger partial charge in [0.1, 0.15) is 0 Å². The van der Waals surface area contributed by atoms with E-state index in [9.17, 15) is 0 Å². The van der Waals surface area contributed by atoms with Crippen LogP contribution in [0.4, 0.5) is 0 Å². The van der Waals surface area contributed by atoms with Crippen LogP contribution in [-0.4, -0.2) is 0 Å². The van der Waals surface area contributed by atoms with Crippen molar-refractivity contribution in [3.8, 4) is 111 Å². The van der Waals surface area contributed by atoms with Crippen molar-refractivity contribution in [3.05, 3.63) is 241 Å². The minimum Gasteiger partial charge on any atom is -0.0622 e. The molecule has 14 rings (SSSR count). The fourth-order valence-corrected chi connectivity index (χ4v) is 13.8. The Kier molecular flexibility index (Phi) is 11.6. The van der Waals surface area contributed by atoms with Crippen LogP contribution in [0, 0.1) is 0 Å². The molecule has 0 bridgehead atoms. The van der Waals surface area contributed by atoms with Gasteiger partial charge < -0.3 is 0 Å². The zero-order chi connectivity index (χ0) is 56.8. The van der Waals surface area contributed by atoms with Gasteiger partial charge in [0, 0.05) is 0 Å². The quantitative estimate of drug-likeness (QED) is 0.156. The van der Waals surface area contributed by atoms with E-state index in [1.165, 1.54) is 166 Å². The summed E-state index contributed by atoms with van der Waals surface area (Å²) in [6, 6.07) is 84.1. The predicted molar refractivity (Wildman–Crippen MR) is 355 cm³/mol. The summed E-state index contributed by atoms with van der Waals surface area (Å²) in [5, 5.41) is 7.81. The van der Waals surface area contributed by atoms with Crippen molar-refractivity contribution < 1.29 is 0 Å². The monoisotopic (exact) mass is 1060 g/mol. The zero-order valence-electron chi connectivity index (χ0n) is 49.8. The molecular weight excluding hydrogens is 985 g/mol. The number of hydrogen-bond donors (Lipinski definition) is 0. The molecule has 0 nitrogen and oxygen atoms in total. The van der Waals surface area contributed by atoms with Crippen LogP contribution in [0.3, 0.4) is 0 Å². The van der Waals surface area contributed by atoms with Gasteiger partial charge in [-0.3, -0.25) is 0 Å². The van der Waals surface area contributed by atoms with Crippen molar-refractivity contribution in [2.45, 2.75) is 105 Å². The van der Waals surface area contributed by atoms with E-state index < -0.39 is 0 Å². The van der Waals surface area contributed by atoms with Crippen LogP contribution >= 0.6 is 0 Å². The molecule has 0 fully saturated rings. The third-order valence-corrected chi connectivity index (χ3v) is 18.1. The molecule has 0 radical (unpaired) electrons. The molecular formula is C82H72. The van der Waals surface area contributed by atoms with Crippen LogP contribution in [0.5, 0.6) is 0 Å². The maximum absolute atomic E-state index is 2.53. The number of benzene rings is 12. The van der Waals surface area contributed by atoms with Crippen LogP contribution in [-0.2, 0) is 21.7 Å². The highest BCUT2D eigenvalue weighted by Gasteiger charge is 2.39. The van der Waals surface area contributed by atoms with Crippen LogP contribution in [0.1, 0.15) is 105 Å². The lowest BCUT2D eigenvalue weighted by molar-refractivity contribution is 0.568. The van der Waals surface area contributed by atoms with E-state index >= 15 is 0 Å². The summed E-state index contributed by atoms with van der Waals surface area (Å²) >= 11 is 0. The smallest absolute Gasteiger partial charge is 0.000717 e. The summed E-state index contributed by atoms with van der Waals surface area (Å²) in [6.07, 6.45) is 0. The average molecular weight is 1060 g/mol. The minimum atomic E-state index is -0.0692. The van der Waals surface area contributed by atoms with E-state index in [1.807, 2.05) is 0 Å². The van der Waals surface area contributed by atoms with E-state index in [1.54, 1.807) is 0 Å². The van der Waals surface area contributed by atoms with Crippen molar-refractivity contribution in [1.82, 2.24) is 0 Å². The first kappa shape index (κ1) is 51.6. The van der Waals surface area contributed by atoms with Gasteiger partial charge in [-0.2, -0.15) is 0 Å². The Morgan fingerprint density at radius 2 is 0.427 bits per heavy atom. The SMILES string of the molecule is CC(C)(C)c1cc(-c2c3c(c(-c4cc(C(C)(C)C)cc(C(C)(C)C)c4)c4ccccc24)-c2ccc4c5c(ccc-3c25)-c2c-4c(-c3ccccc3)c3c(-c4ccccc4)ccc(-c4ccccc4)c3c2-c2ccccc2)cc(C(C)(C)C)c1. The fourth-order valence-electron chi connectivity index (χ4n) is 13.8. The highest BCUT2D eigenvalue weighted by Crippen LogP contribution is 2.66. The lowest BCUT2D eigenvalue weighted by atomic mass is 9.75. The third-order valence-electron chi connectivity index (χ3n) is 18.1. The molecule has 0 aliphatic heterocycles. The van der Waals surface area contributed by atoms with E-state index in [4.69, 9.17) is 0 Å². The second-order valence-corrected chi connectivity index (χ2v) is 27.6. The van der Waals surface area contributed by atoms with Gasteiger partial charge in [0.15, 0.2) is 0 Å². The van der Waals surface area contributed by atoms with E-state index in [0.29, 0.717) is 0 Å². The average Bonchev–Trinajstić information content (AvgIpc) is 1.56. The molecule has 0 heteroatoms. The van der Waals surface area contributed by atoms with Gasteiger partial charge in [-0.1, -0.05) is 301 Å². The third kappa shape index (κ3) is 8.08. The predicted octanol–water partition coefficient (Wildman–Crippen LogP) is 23.6. The van der Waals surface area contributed by atoms with E-state index in [-0.39, 0.29) is 21.7 Å². The topological polar surface area (TPSA) is 0 Å². The molecule has 0 saturated heterocycles. The maximum Gasteiger partial charge on any atom is -0.000717 e. The van der Waals surface area contributed by atoms with Gasteiger partial charge in [-0.25, -0.2) is 0 Å². The van der Waals surface area contributed by atoms with Gasteiger partial charge in [0.05, 0.1) is 0 Å². The highest BCUT2D eigenvalue weighted by atomic mass is 14.4. The molecule has 2 aliphatic rings. The molecule has 82 heavy (non-hydrogen) atoms. The minimum absolute atomic E-state index is 0.0692. The molecule has 0 atom stereocenters. The number of rotatable bonds is 6. The molecule has 12 aromatic rings. The van der Waals surface area contributed by atoms with Crippen LogP contribution in [0.15, 0.2) is 218 Å². The number of fused-ring (bicyclic) bond motifs is 8. The largest absolute Gasteiger partial charge is 0.0622 e. The molecule has 12 aromatic carbocycles. The molecule has 0 aromatic heterocycles. The maximum atomic E-state index is 2.53. The molecule has 0 N–H and O–H groups in total. The number of hydrogen-bond acceptors (Lipinski definition) is 0. The summed E-state index contributed by atoms with van der Waals surface area (Å²) in [5.41, 5.74) is 30.7. The first-order valence-electron chi connectivity index (χ1n) is 29.7. The summed E-state index contributed by atoms with van der Waals surface area (Å²) < 4.78 is 0. The Balaban J connectivity index is 1.19. The Morgan fingerprint density at radius 1 is 0.183 bits per heavy atom. The molecule has 0 spiro atoms. The van der Waals surface area contributed by atoms with Gasteiger partial charge >= 0.3 is 0 Å². The molecule has 400 valence electrons. The summed E-state index contributed by atoms with van der Waals surface area (Å²) in [4.78, 5) is 0. The Hall–Kier alpha value is -8.58. The normalized spacial score (nSPS) is 12.9. The van der Waals surface area contributed by atoms with Gasteiger partial charge in [0.25, 0.3) is 0 Å². The van der Waals surface area contributed by atoms with Crippen molar-refractivity contribution >= 4 is 32.3 Å². The standard InChI is InChI=1S/C82H72/c1-79(2,3)55-43-53(44-56(47-55)80(4,5)6)67-61-35-25-26-36-62(61)68(54-45-57(81(7,8)9)48-58(46-54)82(10,11)12)76-64-40-42-66-72-65(41-39-63(71(64)72)75(67)76)77-69(51-31-21-15-22-32-51)73-59(49-27-17-13-18-28-49)37-38-60(50-29-19-14-20-30-50)74(73)70(78(66)77)52-33-23-16-24-34-52/h13-48H,1-12H3. The molecule has 0 heterocycles. The van der Waals surface area contributed by atoms with Gasteiger partial charge in [0.2, 0.25) is 0 Å². The molecule has 0 amide bonds. The van der Waals surface area contributed by atoms with Crippen molar-refractivity contribution in [2.24, 2.45) is 0 Å². The molecule has 0 saturated carbocycles. The van der Waals surface area contributed by atoms with Crippen LogP contribution in [0.25, 0.3) is 144 Å². The van der Waals surface area contributed by atoms with Crippen molar-refractivity contribution in [3.63, 3.8) is 0 Å². The van der Waals surface area contributed by atoms with E-state index in [0.717, 1.165) is 0 Å². The highest BCUT2D eigenvalue weighted by molar-refractivity contribution is 6.36. The van der Waals surface area contributed by atoms with Crippen molar-refractivity contribution in [1.29, 1.82) is 0 Å². The van der Waals surface area contributed by atoms with E-state index in [2.05, 4.69) is 301 Å². The molecule has 0 unspecified atom stereocenters. The summed E-state index contributed by atoms with van der Waals surface area (Å²) in [7, 11) is 0. The lowest BCUT2D eigenvalue weighted by Gasteiger charge is -2.29. The Morgan fingerprint density at radius 3 is 0.707 bits per heavy atom. The molecule has 2 aliphatic carbocycles. The summed E-state index contributed by atoms with van der Waals surface area (Å²) in [6.45, 7) is 28.4. The zero-order valence-corrected chi connectivity index (χ0v) is 49.8. The first-order valence-corrected chi connectivity index (χ1v) is 29.7. The van der Waals surface area contributed by atoms with Crippen LogP contribution in [0.2, 0.25) is 0 Å². The fraction of sp³-hybridized carbons (Fsp3) is 0.195. The lowest BCUT2D eigenvalue weighted by Crippen LogP contribution is -2.17. The first-order chi connectivity index (χ1) is 39.3. The Labute approximate surface area is 486 Å². The second kappa shape index (κ2) is 18.5. The van der Waals surface area contributed by atoms with Crippen molar-refractivity contribution in [2.75, 3.05) is 0 Å². The second-order valence-electron chi connectivity index (χ2n) is 27.6. The van der Waals surface area contributed by atoms with Gasteiger partial charge in [-0.05, 0) is 188 Å². The summed E-state index contributed by atoms with van der Waals surface area (Å²) in [5.74, 6) is 0.